The van der Waals surface area contributed by atoms with Crippen LogP contribution in [0.4, 0.5) is 0 Å². The van der Waals surface area contributed by atoms with E-state index >= 15 is 0 Å². The Kier molecular flexibility index (Phi) is 3.95. The van der Waals surface area contributed by atoms with E-state index in [4.69, 9.17) is 10.3 Å². The monoisotopic (exact) mass is 260 g/mol. The fourth-order valence-corrected chi connectivity index (χ4v) is 2.01. The van der Waals surface area contributed by atoms with E-state index in [9.17, 15) is 0 Å². The van der Waals surface area contributed by atoms with Crippen molar-refractivity contribution in [3.63, 3.8) is 0 Å². The number of rotatable bonds is 5. The molecule has 2 aromatic heterocycles. The van der Waals surface area contributed by atoms with Gasteiger partial charge in [-0.3, -0.25) is 4.98 Å². The molecule has 0 fully saturated rings. The zero-order valence-electron chi connectivity index (χ0n) is 11.7. The molecule has 2 rings (SSSR count). The van der Waals surface area contributed by atoms with Crippen LogP contribution in [0.3, 0.4) is 0 Å². The van der Waals surface area contributed by atoms with Gasteiger partial charge in [0.15, 0.2) is 0 Å². The standard InChI is InChI=1S/C14H20N4O/c1-4-10-9-16-8-7-11(10)12-17-13(19-18-12)14(15,5-2)6-3/h7-9H,4-6,15H2,1-3H3. The first kappa shape index (κ1) is 13.7. The first-order chi connectivity index (χ1) is 9.14. The van der Waals surface area contributed by atoms with Crippen LogP contribution in [0.25, 0.3) is 11.4 Å². The average molecular weight is 260 g/mol. The van der Waals surface area contributed by atoms with E-state index in [1.165, 1.54) is 0 Å². The summed E-state index contributed by atoms with van der Waals surface area (Å²) in [5.74, 6) is 1.09. The van der Waals surface area contributed by atoms with Crippen LogP contribution in [0.5, 0.6) is 0 Å². The van der Waals surface area contributed by atoms with E-state index in [-0.39, 0.29) is 0 Å². The summed E-state index contributed by atoms with van der Waals surface area (Å²) in [6.45, 7) is 6.13. The largest absolute Gasteiger partial charge is 0.337 e. The molecule has 2 aromatic rings. The third kappa shape index (κ3) is 2.51. The SMILES string of the molecule is CCc1cnccc1-c1noc(C(N)(CC)CC)n1. The third-order valence-corrected chi connectivity index (χ3v) is 3.64. The second kappa shape index (κ2) is 5.48. The zero-order chi connectivity index (χ0) is 13.9. The van der Waals surface area contributed by atoms with Crippen molar-refractivity contribution in [3.05, 3.63) is 29.9 Å². The van der Waals surface area contributed by atoms with E-state index in [1.54, 1.807) is 6.20 Å². The van der Waals surface area contributed by atoms with Gasteiger partial charge in [-0.2, -0.15) is 4.98 Å². The Bertz CT molecular complexity index is 546. The third-order valence-electron chi connectivity index (χ3n) is 3.64. The van der Waals surface area contributed by atoms with E-state index in [0.29, 0.717) is 11.7 Å². The summed E-state index contributed by atoms with van der Waals surface area (Å²) in [7, 11) is 0. The Hall–Kier alpha value is -1.75. The molecule has 0 atom stereocenters. The van der Waals surface area contributed by atoms with Gasteiger partial charge in [-0.1, -0.05) is 25.9 Å². The van der Waals surface area contributed by atoms with Crippen molar-refractivity contribution in [2.75, 3.05) is 0 Å². The number of nitrogens with two attached hydrogens (primary N) is 1. The number of aryl methyl sites for hydroxylation is 1. The van der Waals surface area contributed by atoms with Crippen LogP contribution < -0.4 is 5.73 Å². The van der Waals surface area contributed by atoms with Crippen LogP contribution in [0.2, 0.25) is 0 Å². The second-order valence-corrected chi connectivity index (χ2v) is 4.67. The predicted octanol–water partition coefficient (Wildman–Crippen LogP) is 2.67. The minimum absolute atomic E-state index is 0.506. The normalized spacial score (nSPS) is 11.8. The van der Waals surface area contributed by atoms with E-state index in [2.05, 4.69) is 22.0 Å². The van der Waals surface area contributed by atoms with Crippen LogP contribution in [-0.4, -0.2) is 15.1 Å². The Balaban J connectivity index is 2.41. The lowest BCUT2D eigenvalue weighted by Gasteiger charge is -2.20. The van der Waals surface area contributed by atoms with Crippen molar-refractivity contribution in [1.82, 2.24) is 15.1 Å². The van der Waals surface area contributed by atoms with Gasteiger partial charge >= 0.3 is 0 Å². The molecule has 5 nitrogen and oxygen atoms in total. The first-order valence-electron chi connectivity index (χ1n) is 6.71. The molecular weight excluding hydrogens is 240 g/mol. The summed E-state index contributed by atoms with van der Waals surface area (Å²) in [5, 5.41) is 4.06. The van der Waals surface area contributed by atoms with Gasteiger partial charge in [0.1, 0.15) is 0 Å². The Morgan fingerprint density at radius 3 is 2.63 bits per heavy atom. The van der Waals surface area contributed by atoms with Gasteiger partial charge in [-0.05, 0) is 30.9 Å². The summed E-state index contributed by atoms with van der Waals surface area (Å²) < 4.78 is 5.36. The number of nitrogens with zero attached hydrogens (tertiary/aromatic N) is 3. The van der Waals surface area contributed by atoms with E-state index < -0.39 is 5.54 Å². The Morgan fingerprint density at radius 1 is 1.26 bits per heavy atom. The van der Waals surface area contributed by atoms with Crippen molar-refractivity contribution in [2.24, 2.45) is 5.73 Å². The molecule has 19 heavy (non-hydrogen) atoms. The van der Waals surface area contributed by atoms with Gasteiger partial charge in [0.2, 0.25) is 11.7 Å². The molecule has 0 aromatic carbocycles. The van der Waals surface area contributed by atoms with E-state index in [1.807, 2.05) is 26.1 Å². The van der Waals surface area contributed by atoms with Crippen molar-refractivity contribution in [3.8, 4) is 11.4 Å². The predicted molar refractivity (Wildman–Crippen MR) is 73.4 cm³/mol. The number of hydrogen-bond donors (Lipinski definition) is 1. The van der Waals surface area contributed by atoms with E-state index in [0.717, 1.165) is 30.4 Å². The number of pyridine rings is 1. The first-order valence-corrected chi connectivity index (χ1v) is 6.71. The van der Waals surface area contributed by atoms with Gasteiger partial charge in [0.25, 0.3) is 0 Å². The van der Waals surface area contributed by atoms with Gasteiger partial charge in [0.05, 0.1) is 5.54 Å². The van der Waals surface area contributed by atoms with Crippen molar-refractivity contribution in [1.29, 1.82) is 0 Å². The fourth-order valence-electron chi connectivity index (χ4n) is 2.01. The molecule has 0 amide bonds. The Morgan fingerprint density at radius 2 is 2.00 bits per heavy atom. The molecule has 0 radical (unpaired) electrons. The summed E-state index contributed by atoms with van der Waals surface area (Å²) >= 11 is 0. The van der Waals surface area contributed by atoms with Crippen LogP contribution in [0.1, 0.15) is 45.1 Å². The minimum Gasteiger partial charge on any atom is -0.337 e. The maximum absolute atomic E-state index is 6.27. The average Bonchev–Trinajstić information content (AvgIpc) is 2.96. The lowest BCUT2D eigenvalue weighted by atomic mass is 9.94. The minimum atomic E-state index is -0.537. The molecule has 0 aliphatic rings. The Labute approximate surface area is 113 Å². The quantitative estimate of drug-likeness (QED) is 0.894. The smallest absolute Gasteiger partial charge is 0.247 e. The molecule has 102 valence electrons. The van der Waals surface area contributed by atoms with Crippen molar-refractivity contribution in [2.45, 2.75) is 45.6 Å². The molecular formula is C14H20N4O. The van der Waals surface area contributed by atoms with Gasteiger partial charge in [0, 0.05) is 18.0 Å². The molecule has 0 unspecified atom stereocenters. The van der Waals surface area contributed by atoms with Gasteiger partial charge < -0.3 is 10.3 Å². The highest BCUT2D eigenvalue weighted by Gasteiger charge is 2.30. The highest BCUT2D eigenvalue weighted by molar-refractivity contribution is 5.58. The van der Waals surface area contributed by atoms with Crippen molar-refractivity contribution < 1.29 is 4.52 Å². The molecule has 2 heterocycles. The summed E-state index contributed by atoms with van der Waals surface area (Å²) in [6, 6.07) is 1.91. The maximum Gasteiger partial charge on any atom is 0.247 e. The van der Waals surface area contributed by atoms with Crippen molar-refractivity contribution >= 4 is 0 Å². The van der Waals surface area contributed by atoms with Crippen LogP contribution in [0, 0.1) is 0 Å². The highest BCUT2D eigenvalue weighted by atomic mass is 16.5. The molecule has 0 aliphatic carbocycles. The molecule has 0 saturated carbocycles. The van der Waals surface area contributed by atoms with Gasteiger partial charge in [-0.15, -0.1) is 0 Å². The lowest BCUT2D eigenvalue weighted by molar-refractivity contribution is 0.268. The molecule has 0 spiro atoms. The summed E-state index contributed by atoms with van der Waals surface area (Å²) in [5.41, 5.74) is 7.80. The molecule has 0 saturated heterocycles. The summed E-state index contributed by atoms with van der Waals surface area (Å²) in [4.78, 5) is 8.59. The summed E-state index contributed by atoms with van der Waals surface area (Å²) in [6.07, 6.45) is 5.98. The lowest BCUT2D eigenvalue weighted by Crippen LogP contribution is -2.35. The number of aromatic nitrogens is 3. The van der Waals surface area contributed by atoms with Crippen LogP contribution >= 0.6 is 0 Å². The molecule has 0 bridgehead atoms. The highest BCUT2D eigenvalue weighted by Crippen LogP contribution is 2.27. The maximum atomic E-state index is 6.27. The number of hydrogen-bond acceptors (Lipinski definition) is 5. The van der Waals surface area contributed by atoms with Crippen LogP contribution in [0.15, 0.2) is 23.0 Å². The van der Waals surface area contributed by atoms with Gasteiger partial charge in [-0.25, -0.2) is 0 Å². The fraction of sp³-hybridized carbons (Fsp3) is 0.500. The topological polar surface area (TPSA) is 77.8 Å². The molecule has 5 heteroatoms. The second-order valence-electron chi connectivity index (χ2n) is 4.67. The molecule has 2 N–H and O–H groups in total. The molecule has 0 aliphatic heterocycles. The zero-order valence-corrected chi connectivity index (χ0v) is 11.7. The van der Waals surface area contributed by atoms with Crippen LogP contribution in [-0.2, 0) is 12.0 Å².